The molecule has 1 aromatic carbocycles. The Morgan fingerprint density at radius 1 is 1.54 bits per heavy atom. The van der Waals surface area contributed by atoms with Crippen LogP contribution in [0.5, 0.6) is 0 Å². The van der Waals surface area contributed by atoms with Gasteiger partial charge in [0.05, 0.1) is 0 Å². The maximum absolute atomic E-state index is 5.68. The van der Waals surface area contributed by atoms with Gasteiger partial charge in [0.25, 0.3) is 0 Å². The van der Waals surface area contributed by atoms with Crippen LogP contribution in [0.25, 0.3) is 6.08 Å². The number of nitrogens with zero attached hydrogens (tertiary/aromatic N) is 1. The van der Waals surface area contributed by atoms with E-state index in [1.165, 1.54) is 5.69 Å². The molecule has 0 atom stereocenters. The molecule has 0 spiro atoms. The van der Waals surface area contributed by atoms with Gasteiger partial charge in [-0.2, -0.15) is 0 Å². The van der Waals surface area contributed by atoms with E-state index in [4.69, 9.17) is 5.73 Å². The van der Waals surface area contributed by atoms with E-state index in [0.717, 1.165) is 17.8 Å². The van der Waals surface area contributed by atoms with Crippen LogP contribution < -0.4 is 10.6 Å². The maximum Gasteiger partial charge on any atom is 0.0438 e. The van der Waals surface area contributed by atoms with E-state index in [-0.39, 0.29) is 0 Å². The molecule has 0 fully saturated rings. The molecule has 1 rings (SSSR count). The molecule has 70 valence electrons. The average Bonchev–Trinajstić information content (AvgIpc) is 2.16. The molecular weight excluding hydrogens is 160 g/mol. The van der Waals surface area contributed by atoms with Crippen molar-refractivity contribution in [2.75, 3.05) is 24.2 Å². The van der Waals surface area contributed by atoms with Gasteiger partial charge in [0.2, 0.25) is 0 Å². The lowest BCUT2D eigenvalue weighted by atomic mass is 10.1. The van der Waals surface area contributed by atoms with E-state index in [1.54, 1.807) is 0 Å². The third kappa shape index (κ3) is 2.02. The van der Waals surface area contributed by atoms with Gasteiger partial charge in [0.1, 0.15) is 0 Å². The number of nitrogens with two attached hydrogens (primary N) is 1. The van der Waals surface area contributed by atoms with Gasteiger partial charge in [-0.1, -0.05) is 12.7 Å². The standard InChI is InChI=1S/C11H16N2/c1-4-9-8-10(12)6-7-11(9)13(3)5-2/h4,6-8H,1,5,12H2,2-3H3. The van der Waals surface area contributed by atoms with Crippen LogP contribution in [0.3, 0.4) is 0 Å². The smallest absolute Gasteiger partial charge is 0.0438 e. The molecule has 2 nitrogen and oxygen atoms in total. The minimum atomic E-state index is 0.781. The molecule has 0 aliphatic rings. The first-order chi connectivity index (χ1) is 6.19. The van der Waals surface area contributed by atoms with Crippen LogP contribution in [0.15, 0.2) is 24.8 Å². The Labute approximate surface area is 79.7 Å². The van der Waals surface area contributed by atoms with Crippen LogP contribution in [-0.2, 0) is 0 Å². The molecule has 0 heterocycles. The second-order valence-corrected chi connectivity index (χ2v) is 3.04. The molecule has 0 unspecified atom stereocenters. The van der Waals surface area contributed by atoms with Gasteiger partial charge < -0.3 is 10.6 Å². The molecule has 0 aliphatic carbocycles. The summed E-state index contributed by atoms with van der Waals surface area (Å²) in [7, 11) is 2.05. The summed E-state index contributed by atoms with van der Waals surface area (Å²) in [5.41, 5.74) is 8.72. The van der Waals surface area contributed by atoms with Gasteiger partial charge in [-0.05, 0) is 30.7 Å². The summed E-state index contributed by atoms with van der Waals surface area (Å²) in [6.07, 6.45) is 1.83. The van der Waals surface area contributed by atoms with Crippen LogP contribution in [0.1, 0.15) is 12.5 Å². The first-order valence-corrected chi connectivity index (χ1v) is 4.42. The van der Waals surface area contributed by atoms with Gasteiger partial charge >= 0.3 is 0 Å². The molecule has 0 bridgehead atoms. The fraction of sp³-hybridized carbons (Fsp3) is 0.273. The minimum Gasteiger partial charge on any atom is -0.399 e. The number of nitrogen functional groups attached to an aromatic ring is 1. The summed E-state index contributed by atoms with van der Waals surface area (Å²) in [6.45, 7) is 6.86. The molecule has 2 N–H and O–H groups in total. The minimum absolute atomic E-state index is 0.781. The van der Waals surface area contributed by atoms with Crippen molar-refractivity contribution in [3.05, 3.63) is 30.3 Å². The zero-order chi connectivity index (χ0) is 9.84. The Bertz CT molecular complexity index is 305. The zero-order valence-corrected chi connectivity index (χ0v) is 8.25. The molecule has 2 heteroatoms. The van der Waals surface area contributed by atoms with Crippen LogP contribution in [0.2, 0.25) is 0 Å². The fourth-order valence-corrected chi connectivity index (χ4v) is 1.25. The predicted octanol–water partition coefficient (Wildman–Crippen LogP) is 2.37. The summed E-state index contributed by atoms with van der Waals surface area (Å²) < 4.78 is 0. The van der Waals surface area contributed by atoms with E-state index >= 15 is 0 Å². The van der Waals surface area contributed by atoms with Crippen LogP contribution in [0, 0.1) is 0 Å². The van der Waals surface area contributed by atoms with Crippen LogP contribution in [-0.4, -0.2) is 13.6 Å². The van der Waals surface area contributed by atoms with Crippen molar-refractivity contribution in [1.29, 1.82) is 0 Å². The molecule has 0 aromatic heterocycles. The van der Waals surface area contributed by atoms with Gasteiger partial charge in [0, 0.05) is 25.0 Å². The maximum atomic E-state index is 5.68. The number of benzene rings is 1. The Morgan fingerprint density at radius 2 is 2.23 bits per heavy atom. The topological polar surface area (TPSA) is 29.3 Å². The molecule has 1 aromatic rings. The van der Waals surface area contributed by atoms with Gasteiger partial charge in [-0.3, -0.25) is 0 Å². The van der Waals surface area contributed by atoms with Crippen LogP contribution >= 0.6 is 0 Å². The summed E-state index contributed by atoms with van der Waals surface area (Å²) in [6, 6.07) is 5.87. The first kappa shape index (κ1) is 9.65. The monoisotopic (exact) mass is 176 g/mol. The molecule has 0 saturated heterocycles. The highest BCUT2D eigenvalue weighted by molar-refractivity contribution is 5.70. The number of hydrogen-bond donors (Lipinski definition) is 1. The Balaban J connectivity index is 3.13. The van der Waals surface area contributed by atoms with E-state index < -0.39 is 0 Å². The SMILES string of the molecule is C=Cc1cc(N)ccc1N(C)CC. The average molecular weight is 176 g/mol. The Hall–Kier alpha value is -1.44. The fourth-order valence-electron chi connectivity index (χ4n) is 1.25. The second kappa shape index (κ2) is 3.99. The lowest BCUT2D eigenvalue weighted by Gasteiger charge is -2.19. The summed E-state index contributed by atoms with van der Waals surface area (Å²) in [5.74, 6) is 0. The quantitative estimate of drug-likeness (QED) is 0.716. The van der Waals surface area contributed by atoms with Gasteiger partial charge in [-0.15, -0.1) is 0 Å². The van der Waals surface area contributed by atoms with Gasteiger partial charge in [0.15, 0.2) is 0 Å². The van der Waals surface area contributed by atoms with Gasteiger partial charge in [-0.25, -0.2) is 0 Å². The van der Waals surface area contributed by atoms with Crippen molar-refractivity contribution >= 4 is 17.5 Å². The lowest BCUT2D eigenvalue weighted by Crippen LogP contribution is -2.16. The second-order valence-electron chi connectivity index (χ2n) is 3.04. The Morgan fingerprint density at radius 3 is 2.77 bits per heavy atom. The highest BCUT2D eigenvalue weighted by atomic mass is 15.1. The first-order valence-electron chi connectivity index (χ1n) is 4.42. The third-order valence-corrected chi connectivity index (χ3v) is 2.16. The number of hydrogen-bond acceptors (Lipinski definition) is 2. The predicted molar refractivity (Wildman–Crippen MR) is 59.9 cm³/mol. The molecule has 0 amide bonds. The largest absolute Gasteiger partial charge is 0.399 e. The van der Waals surface area contributed by atoms with Crippen molar-refractivity contribution in [3.63, 3.8) is 0 Å². The van der Waals surface area contributed by atoms with Crippen LogP contribution in [0.4, 0.5) is 11.4 Å². The normalized spacial score (nSPS) is 9.69. The highest BCUT2D eigenvalue weighted by Gasteiger charge is 2.02. The van der Waals surface area contributed by atoms with E-state index in [9.17, 15) is 0 Å². The van der Waals surface area contributed by atoms with E-state index in [0.29, 0.717) is 0 Å². The number of rotatable bonds is 3. The summed E-state index contributed by atoms with van der Waals surface area (Å²) in [4.78, 5) is 2.16. The molecular formula is C11H16N2. The lowest BCUT2D eigenvalue weighted by molar-refractivity contribution is 0.967. The van der Waals surface area contributed by atoms with Crippen molar-refractivity contribution in [3.8, 4) is 0 Å². The molecule has 13 heavy (non-hydrogen) atoms. The van der Waals surface area contributed by atoms with Crippen molar-refractivity contribution < 1.29 is 0 Å². The van der Waals surface area contributed by atoms with Crippen molar-refractivity contribution in [1.82, 2.24) is 0 Å². The molecule has 0 radical (unpaired) electrons. The third-order valence-electron chi connectivity index (χ3n) is 2.16. The summed E-state index contributed by atoms with van der Waals surface area (Å²) >= 11 is 0. The summed E-state index contributed by atoms with van der Waals surface area (Å²) in [5, 5.41) is 0. The van der Waals surface area contributed by atoms with E-state index in [2.05, 4.69) is 25.5 Å². The highest BCUT2D eigenvalue weighted by Crippen LogP contribution is 2.22. The molecule has 0 aliphatic heterocycles. The molecule has 0 saturated carbocycles. The Kier molecular flexibility index (Phi) is 2.96. The number of anilines is 2. The van der Waals surface area contributed by atoms with E-state index in [1.807, 2.05) is 24.3 Å². The zero-order valence-electron chi connectivity index (χ0n) is 8.25. The van der Waals surface area contributed by atoms with Crippen molar-refractivity contribution in [2.45, 2.75) is 6.92 Å². The van der Waals surface area contributed by atoms with Crippen molar-refractivity contribution in [2.24, 2.45) is 0 Å².